The fourth-order valence-corrected chi connectivity index (χ4v) is 0.373. The van der Waals surface area contributed by atoms with Gasteiger partial charge in [0, 0.05) is 0 Å². The summed E-state index contributed by atoms with van der Waals surface area (Å²) in [4.78, 5) is 0. The van der Waals surface area contributed by atoms with Crippen molar-refractivity contribution in [3.05, 3.63) is 11.1 Å². The van der Waals surface area contributed by atoms with E-state index in [0.717, 1.165) is 0 Å². The van der Waals surface area contributed by atoms with Gasteiger partial charge in [0.1, 0.15) is 0 Å². The molecule has 2 nitrogen and oxygen atoms in total. The van der Waals surface area contributed by atoms with Gasteiger partial charge in [-0.2, -0.15) is 0 Å². The average Bonchev–Trinajstić information content (AvgIpc) is 1.76. The molecule has 0 atom stereocenters. The Morgan fingerprint density at radius 2 is 2.80 bits per heavy atom. The Balaban J connectivity index is 3.13. The van der Waals surface area contributed by atoms with Gasteiger partial charge in [0.25, 0.3) is 0 Å². The summed E-state index contributed by atoms with van der Waals surface area (Å²) in [5, 5.41) is 3.37. The van der Waals surface area contributed by atoms with Gasteiger partial charge in [0.15, 0.2) is 10.7 Å². The zero-order valence-corrected chi connectivity index (χ0v) is 3.23. The third-order valence-electron chi connectivity index (χ3n) is 0.263. The smallest absolute Gasteiger partial charge is 0.0631 e. The zero-order chi connectivity index (χ0) is 3.54. The first-order valence-electron chi connectivity index (χ1n) is 1.15. The van der Waals surface area contributed by atoms with Crippen LogP contribution in [0.1, 0.15) is 0 Å². The Labute approximate surface area is 33.0 Å². The van der Waals surface area contributed by atoms with E-state index in [4.69, 9.17) is 0 Å². The monoisotopic (exact) mass is 88.0 g/mol. The molecule has 0 unspecified atom stereocenters. The molecule has 0 saturated heterocycles. The summed E-state index contributed by atoms with van der Waals surface area (Å²) in [6, 6.07) is 0. The Bertz CT molecular complexity index is 66.1. The van der Waals surface area contributed by atoms with E-state index >= 15 is 0 Å². The lowest BCUT2D eigenvalue weighted by atomic mass is 11.7. The molecule has 0 radical (unpaired) electrons. The maximum absolute atomic E-state index is 4.35. The molecule has 0 amide bonds. The number of aromatic nitrogens is 1. The van der Waals surface area contributed by atoms with E-state index in [-0.39, 0.29) is 0 Å². The quantitative estimate of drug-likeness (QED) is 0.442. The summed E-state index contributed by atoms with van der Waals surface area (Å²) < 4.78 is 4.35. The molecular weight excluding hydrogens is 86.1 g/mol. The van der Waals surface area contributed by atoms with Crippen LogP contribution in [0.15, 0.2) is 15.6 Å². The molecule has 1 aromatic heterocycles. The van der Waals surface area contributed by atoms with Crippen LogP contribution >= 0.6 is 11.3 Å². The van der Waals surface area contributed by atoms with Crippen LogP contribution in [0.25, 0.3) is 0 Å². The van der Waals surface area contributed by atoms with Crippen molar-refractivity contribution in [2.24, 2.45) is 0 Å². The van der Waals surface area contributed by atoms with Crippen LogP contribution in [0.5, 0.6) is 0 Å². The largest absolute Gasteiger partial charge is 0.422 e. The molecule has 0 aliphatic heterocycles. The third kappa shape index (κ3) is 0.417. The molecular formula is C2H2NOS+. The maximum Gasteiger partial charge on any atom is 0.422 e. The highest BCUT2D eigenvalue weighted by molar-refractivity contribution is 7.06. The van der Waals surface area contributed by atoms with Crippen molar-refractivity contribution in [2.45, 2.75) is 0 Å². The fourth-order valence-electron chi connectivity index (χ4n) is 0.124. The lowest BCUT2D eigenvalue weighted by molar-refractivity contribution is 0.422. The highest BCUT2D eigenvalue weighted by Gasteiger charge is 1.79. The molecule has 0 aliphatic rings. The van der Waals surface area contributed by atoms with E-state index < -0.39 is 0 Å². The number of rotatable bonds is 0. The van der Waals surface area contributed by atoms with Crippen molar-refractivity contribution in [2.75, 3.05) is 0 Å². The highest BCUT2D eigenvalue weighted by atomic mass is 32.1. The van der Waals surface area contributed by atoms with E-state index in [1.807, 2.05) is 0 Å². The normalized spacial score (nSPS) is 8.00. The Kier molecular flexibility index (Phi) is 0.624. The molecule has 0 aromatic carbocycles. The summed E-state index contributed by atoms with van der Waals surface area (Å²) in [6.45, 7) is 0. The standard InChI is InChI=1S/C2H2NOS/c1-3-4-2-5-1/h1-2H/q+1. The lowest BCUT2D eigenvalue weighted by Gasteiger charge is -1.21. The summed E-state index contributed by atoms with van der Waals surface area (Å²) >= 11 is 1.44. The second-order valence-corrected chi connectivity index (χ2v) is 1.22. The molecule has 0 fully saturated rings. The van der Waals surface area contributed by atoms with Crippen LogP contribution in [-0.4, -0.2) is 5.16 Å². The summed E-state index contributed by atoms with van der Waals surface area (Å²) in [7, 11) is 0. The second-order valence-electron chi connectivity index (χ2n) is 0.549. The van der Waals surface area contributed by atoms with E-state index in [0.29, 0.717) is 0 Å². The molecule has 0 saturated carbocycles. The molecule has 0 N–H and O–H groups in total. The number of nitrogens with zero attached hydrogens (tertiary/aromatic N) is 1. The van der Waals surface area contributed by atoms with Crippen LogP contribution in [0.3, 0.4) is 0 Å². The van der Waals surface area contributed by atoms with Gasteiger partial charge in [-0.1, -0.05) is 4.52 Å². The minimum absolute atomic E-state index is 1.44. The van der Waals surface area contributed by atoms with E-state index in [2.05, 4.69) is 9.68 Å². The first-order valence-corrected chi connectivity index (χ1v) is 2.09. The van der Waals surface area contributed by atoms with E-state index in [9.17, 15) is 0 Å². The summed E-state index contributed by atoms with van der Waals surface area (Å²) in [5.41, 5.74) is 3.18. The topological polar surface area (TPSA) is 24.2 Å². The molecule has 0 spiro atoms. The summed E-state index contributed by atoms with van der Waals surface area (Å²) in [5.74, 6) is 0. The maximum atomic E-state index is 4.35. The Morgan fingerprint density at radius 3 is 3.00 bits per heavy atom. The van der Waals surface area contributed by atoms with E-state index in [1.54, 1.807) is 11.1 Å². The molecule has 1 heterocycles. The van der Waals surface area contributed by atoms with Crippen molar-refractivity contribution in [1.82, 2.24) is 5.16 Å². The van der Waals surface area contributed by atoms with E-state index in [1.165, 1.54) is 11.3 Å². The van der Waals surface area contributed by atoms with Crippen LogP contribution < -0.4 is 0 Å². The number of hydrogen-bond acceptors (Lipinski definition) is 2. The molecule has 1 rings (SSSR count). The van der Waals surface area contributed by atoms with Crippen LogP contribution in [0, 0.1) is 0 Å². The van der Waals surface area contributed by atoms with Crippen molar-refractivity contribution >= 4 is 11.3 Å². The minimum Gasteiger partial charge on any atom is -0.0631 e. The van der Waals surface area contributed by atoms with Crippen molar-refractivity contribution in [1.29, 1.82) is 0 Å². The van der Waals surface area contributed by atoms with Gasteiger partial charge in [-0.05, 0) is 11.3 Å². The zero-order valence-electron chi connectivity index (χ0n) is 2.42. The molecule has 0 aliphatic carbocycles. The average molecular weight is 88.1 g/mol. The second kappa shape index (κ2) is 1.12. The summed E-state index contributed by atoms with van der Waals surface area (Å²) in [6.07, 6.45) is 0. The van der Waals surface area contributed by atoms with Gasteiger partial charge in [-0.15, -0.1) is 0 Å². The van der Waals surface area contributed by atoms with Gasteiger partial charge in [-0.3, -0.25) is 0 Å². The number of hydrogen-bond donors (Lipinski definition) is 0. The first-order chi connectivity index (χ1) is 2.50. The van der Waals surface area contributed by atoms with Gasteiger partial charge in [0.2, 0.25) is 0 Å². The minimum atomic E-state index is 1.44. The van der Waals surface area contributed by atoms with Crippen molar-refractivity contribution in [3.63, 3.8) is 0 Å². The SMILES string of the molecule is c1n[o+]cs1. The molecule has 1 aromatic rings. The lowest BCUT2D eigenvalue weighted by Crippen LogP contribution is -1.38. The third-order valence-corrected chi connectivity index (χ3v) is 0.668. The fraction of sp³-hybridized carbons (Fsp3) is 0. The van der Waals surface area contributed by atoms with Crippen LogP contribution in [0.2, 0.25) is 0 Å². The van der Waals surface area contributed by atoms with Gasteiger partial charge in [0.05, 0.1) is 0 Å². The Morgan fingerprint density at radius 1 is 1.80 bits per heavy atom. The Hall–Kier alpha value is -0.440. The predicted octanol–water partition coefficient (Wildman–Crippen LogP) is 1.02. The molecule has 3 heteroatoms. The van der Waals surface area contributed by atoms with Gasteiger partial charge < -0.3 is 0 Å². The van der Waals surface area contributed by atoms with Gasteiger partial charge in [-0.25, -0.2) is 0 Å². The van der Waals surface area contributed by atoms with Crippen molar-refractivity contribution < 1.29 is 4.52 Å². The predicted molar refractivity (Wildman–Crippen MR) is 18.8 cm³/mol. The first kappa shape index (κ1) is 2.78. The van der Waals surface area contributed by atoms with Crippen LogP contribution in [0.4, 0.5) is 0 Å². The molecule has 0 bridgehead atoms. The molecule has 26 valence electrons. The van der Waals surface area contributed by atoms with Gasteiger partial charge >= 0.3 is 5.58 Å². The van der Waals surface area contributed by atoms with Crippen molar-refractivity contribution in [3.8, 4) is 0 Å². The molecule has 5 heavy (non-hydrogen) atoms. The highest BCUT2D eigenvalue weighted by Crippen LogP contribution is 1.85. The van der Waals surface area contributed by atoms with Crippen LogP contribution in [-0.2, 0) is 0 Å².